The van der Waals surface area contributed by atoms with Crippen LogP contribution >= 0.6 is 0 Å². The van der Waals surface area contributed by atoms with Gasteiger partial charge in [0, 0.05) is 12.2 Å². The van der Waals surface area contributed by atoms with Gasteiger partial charge >= 0.3 is 0 Å². The highest BCUT2D eigenvalue weighted by atomic mass is 16.2. The zero-order valence-electron chi connectivity index (χ0n) is 15.6. The SMILES string of the molecule is Cc1ccc(CNC(=O)C2CC2C(=O)Nc2ccccc2C(C)C)cc1. The fourth-order valence-corrected chi connectivity index (χ4v) is 3.14. The molecule has 1 aliphatic carbocycles. The van der Waals surface area contributed by atoms with E-state index >= 15 is 0 Å². The summed E-state index contributed by atoms with van der Waals surface area (Å²) >= 11 is 0. The molecule has 0 radical (unpaired) electrons. The summed E-state index contributed by atoms with van der Waals surface area (Å²) in [4.78, 5) is 24.8. The van der Waals surface area contributed by atoms with Crippen molar-refractivity contribution in [1.29, 1.82) is 0 Å². The maximum absolute atomic E-state index is 12.5. The topological polar surface area (TPSA) is 58.2 Å². The Labute approximate surface area is 155 Å². The Morgan fingerprint density at radius 3 is 2.35 bits per heavy atom. The lowest BCUT2D eigenvalue weighted by Crippen LogP contribution is -2.27. The average molecular weight is 350 g/mol. The van der Waals surface area contributed by atoms with Gasteiger partial charge in [-0.25, -0.2) is 0 Å². The highest BCUT2D eigenvalue weighted by Crippen LogP contribution is 2.40. The van der Waals surface area contributed by atoms with Crippen LogP contribution in [0.1, 0.15) is 42.9 Å². The van der Waals surface area contributed by atoms with Crippen LogP contribution in [0, 0.1) is 18.8 Å². The number of para-hydroxylation sites is 1. The largest absolute Gasteiger partial charge is 0.352 e. The van der Waals surface area contributed by atoms with Crippen LogP contribution in [0.2, 0.25) is 0 Å². The van der Waals surface area contributed by atoms with Crippen LogP contribution in [0.25, 0.3) is 0 Å². The highest BCUT2D eigenvalue weighted by molar-refractivity contribution is 6.00. The van der Waals surface area contributed by atoms with Crippen molar-refractivity contribution in [1.82, 2.24) is 5.32 Å². The lowest BCUT2D eigenvalue weighted by atomic mass is 10.0. The number of amides is 2. The number of hydrogen-bond acceptors (Lipinski definition) is 2. The average Bonchev–Trinajstić information content (AvgIpc) is 3.42. The maximum atomic E-state index is 12.5. The summed E-state index contributed by atoms with van der Waals surface area (Å²) < 4.78 is 0. The third-order valence-corrected chi connectivity index (χ3v) is 4.89. The lowest BCUT2D eigenvalue weighted by molar-refractivity contribution is -0.125. The summed E-state index contributed by atoms with van der Waals surface area (Å²) in [6, 6.07) is 15.9. The summed E-state index contributed by atoms with van der Waals surface area (Å²) in [6.45, 7) is 6.74. The second-order valence-electron chi connectivity index (χ2n) is 7.38. The van der Waals surface area contributed by atoms with Gasteiger partial charge in [0.05, 0.1) is 11.8 Å². The molecule has 2 aromatic rings. The number of carbonyl (C=O) groups excluding carboxylic acids is 2. The van der Waals surface area contributed by atoms with E-state index < -0.39 is 0 Å². The molecular formula is C22H26N2O2. The summed E-state index contributed by atoms with van der Waals surface area (Å²) in [5.74, 6) is -0.212. The molecule has 1 saturated carbocycles. The van der Waals surface area contributed by atoms with E-state index in [4.69, 9.17) is 0 Å². The standard InChI is InChI=1S/C22H26N2O2/c1-14(2)17-6-4-5-7-20(17)24-22(26)19-12-18(19)21(25)23-13-16-10-8-15(3)9-11-16/h4-11,14,18-19H,12-13H2,1-3H3,(H,23,25)(H,24,26). The fraction of sp³-hybridized carbons (Fsp3) is 0.364. The van der Waals surface area contributed by atoms with Crippen LogP contribution in [0.4, 0.5) is 5.69 Å². The van der Waals surface area contributed by atoms with Crippen molar-refractivity contribution in [3.05, 3.63) is 65.2 Å². The Kier molecular flexibility index (Phi) is 5.40. The van der Waals surface area contributed by atoms with Crippen LogP contribution in [-0.2, 0) is 16.1 Å². The molecule has 1 aliphatic rings. The summed E-state index contributed by atoms with van der Waals surface area (Å²) in [5.41, 5.74) is 4.22. The van der Waals surface area contributed by atoms with Gasteiger partial charge in [-0.2, -0.15) is 0 Å². The molecule has 3 rings (SSSR count). The zero-order valence-corrected chi connectivity index (χ0v) is 15.6. The van der Waals surface area contributed by atoms with Gasteiger partial charge in [0.2, 0.25) is 11.8 Å². The molecule has 2 aromatic carbocycles. The predicted octanol–water partition coefficient (Wildman–Crippen LogP) is 4.01. The lowest BCUT2D eigenvalue weighted by Gasteiger charge is -2.13. The fourth-order valence-electron chi connectivity index (χ4n) is 3.14. The van der Waals surface area contributed by atoms with E-state index in [0.29, 0.717) is 18.9 Å². The molecule has 0 spiro atoms. The van der Waals surface area contributed by atoms with Crippen molar-refractivity contribution in [2.45, 2.75) is 39.7 Å². The normalized spacial score (nSPS) is 18.5. The number of anilines is 1. The van der Waals surface area contributed by atoms with Crippen molar-refractivity contribution in [2.24, 2.45) is 11.8 Å². The second kappa shape index (κ2) is 7.73. The van der Waals surface area contributed by atoms with Gasteiger partial charge in [0.15, 0.2) is 0 Å². The van der Waals surface area contributed by atoms with Gasteiger partial charge in [-0.3, -0.25) is 9.59 Å². The molecule has 0 heterocycles. The monoisotopic (exact) mass is 350 g/mol. The van der Waals surface area contributed by atoms with Crippen LogP contribution in [0.15, 0.2) is 48.5 Å². The van der Waals surface area contributed by atoms with E-state index in [2.05, 4.69) is 24.5 Å². The molecule has 2 N–H and O–H groups in total. The minimum Gasteiger partial charge on any atom is -0.352 e. The van der Waals surface area contributed by atoms with E-state index in [-0.39, 0.29) is 23.7 Å². The molecule has 0 aromatic heterocycles. The Morgan fingerprint density at radius 2 is 1.65 bits per heavy atom. The molecule has 2 amide bonds. The van der Waals surface area contributed by atoms with Crippen LogP contribution < -0.4 is 10.6 Å². The molecule has 4 nitrogen and oxygen atoms in total. The summed E-state index contributed by atoms with van der Waals surface area (Å²) in [5, 5.41) is 5.94. The Bertz CT molecular complexity index is 796. The van der Waals surface area contributed by atoms with Gasteiger partial charge in [-0.15, -0.1) is 0 Å². The molecule has 2 unspecified atom stereocenters. The van der Waals surface area contributed by atoms with Crippen LogP contribution in [-0.4, -0.2) is 11.8 Å². The molecule has 0 bridgehead atoms. The molecule has 1 fully saturated rings. The molecule has 0 saturated heterocycles. The van der Waals surface area contributed by atoms with E-state index in [1.54, 1.807) is 0 Å². The first-order valence-electron chi connectivity index (χ1n) is 9.18. The summed E-state index contributed by atoms with van der Waals surface area (Å²) in [7, 11) is 0. The molecule has 136 valence electrons. The first kappa shape index (κ1) is 18.2. The van der Waals surface area contributed by atoms with Gasteiger partial charge in [0.25, 0.3) is 0 Å². The van der Waals surface area contributed by atoms with E-state index in [0.717, 1.165) is 16.8 Å². The number of carbonyl (C=O) groups is 2. The number of rotatable bonds is 6. The van der Waals surface area contributed by atoms with Crippen LogP contribution in [0.3, 0.4) is 0 Å². The van der Waals surface area contributed by atoms with Crippen molar-refractivity contribution < 1.29 is 9.59 Å². The van der Waals surface area contributed by atoms with E-state index in [9.17, 15) is 9.59 Å². The maximum Gasteiger partial charge on any atom is 0.228 e. The zero-order chi connectivity index (χ0) is 18.7. The van der Waals surface area contributed by atoms with Crippen molar-refractivity contribution in [3.8, 4) is 0 Å². The third kappa shape index (κ3) is 4.31. The predicted molar refractivity (Wildman–Crippen MR) is 104 cm³/mol. The molecule has 4 heteroatoms. The van der Waals surface area contributed by atoms with Gasteiger partial charge in [-0.1, -0.05) is 61.9 Å². The smallest absolute Gasteiger partial charge is 0.228 e. The van der Waals surface area contributed by atoms with Crippen LogP contribution in [0.5, 0.6) is 0 Å². The molecule has 2 atom stereocenters. The quantitative estimate of drug-likeness (QED) is 0.827. The van der Waals surface area contributed by atoms with Gasteiger partial charge in [-0.05, 0) is 36.5 Å². The Morgan fingerprint density at radius 1 is 1.00 bits per heavy atom. The molecule has 26 heavy (non-hydrogen) atoms. The molecular weight excluding hydrogens is 324 g/mol. The minimum atomic E-state index is -0.228. The highest BCUT2D eigenvalue weighted by Gasteiger charge is 2.48. The molecule has 0 aliphatic heterocycles. The van der Waals surface area contributed by atoms with Gasteiger partial charge in [0.1, 0.15) is 0 Å². The Balaban J connectivity index is 1.52. The minimum absolute atomic E-state index is 0.0390. The number of aryl methyl sites for hydroxylation is 1. The number of hydrogen-bond donors (Lipinski definition) is 2. The van der Waals surface area contributed by atoms with E-state index in [1.165, 1.54) is 5.56 Å². The van der Waals surface area contributed by atoms with Gasteiger partial charge < -0.3 is 10.6 Å². The van der Waals surface area contributed by atoms with Crippen molar-refractivity contribution in [2.75, 3.05) is 5.32 Å². The first-order chi connectivity index (χ1) is 12.5. The number of nitrogens with one attached hydrogen (secondary N) is 2. The number of benzene rings is 2. The van der Waals surface area contributed by atoms with Crippen molar-refractivity contribution in [3.63, 3.8) is 0 Å². The van der Waals surface area contributed by atoms with Crippen molar-refractivity contribution >= 4 is 17.5 Å². The second-order valence-corrected chi connectivity index (χ2v) is 7.38. The van der Waals surface area contributed by atoms with E-state index in [1.807, 2.05) is 55.5 Å². The summed E-state index contributed by atoms with van der Waals surface area (Å²) in [6.07, 6.45) is 0.620. The third-order valence-electron chi connectivity index (χ3n) is 4.89. The first-order valence-corrected chi connectivity index (χ1v) is 9.18. The Hall–Kier alpha value is -2.62.